The molecule has 0 aliphatic carbocycles. The van der Waals surface area contributed by atoms with Crippen molar-refractivity contribution < 1.29 is 17.1 Å². The van der Waals surface area contributed by atoms with Gasteiger partial charge in [-0.05, 0) is 31.1 Å². The summed E-state index contributed by atoms with van der Waals surface area (Å²) in [5.74, 6) is 2.02. The summed E-state index contributed by atoms with van der Waals surface area (Å²) in [6, 6.07) is 0.611. The second kappa shape index (κ2) is 7.61. The summed E-state index contributed by atoms with van der Waals surface area (Å²) in [6.07, 6.45) is 3.93. The van der Waals surface area contributed by atoms with E-state index in [9.17, 15) is 8.42 Å². The SMILES string of the molecule is CC(C)c1noc(N2CCC([C@H](C)CCOS(C)(=O)=O)CC2)n1. The molecule has 1 saturated heterocycles. The van der Waals surface area contributed by atoms with Gasteiger partial charge in [0.05, 0.1) is 12.9 Å². The molecule has 1 aliphatic rings. The summed E-state index contributed by atoms with van der Waals surface area (Å²) in [5, 5.41) is 4.01. The fourth-order valence-electron chi connectivity index (χ4n) is 2.87. The largest absolute Gasteiger partial charge is 0.324 e. The smallest absolute Gasteiger partial charge is 0.324 e. The highest BCUT2D eigenvalue weighted by Gasteiger charge is 2.26. The van der Waals surface area contributed by atoms with E-state index >= 15 is 0 Å². The summed E-state index contributed by atoms with van der Waals surface area (Å²) in [6.45, 7) is 8.29. The first-order valence-corrected chi connectivity index (χ1v) is 10.0. The molecule has 0 amide bonds. The van der Waals surface area contributed by atoms with Crippen molar-refractivity contribution >= 4 is 16.1 Å². The molecule has 0 aromatic carbocycles. The highest BCUT2D eigenvalue weighted by Crippen LogP contribution is 2.29. The molecule has 1 atom stereocenters. The Balaban J connectivity index is 1.78. The third-order valence-electron chi connectivity index (χ3n) is 4.43. The van der Waals surface area contributed by atoms with Gasteiger partial charge in [-0.25, -0.2) is 0 Å². The van der Waals surface area contributed by atoms with Crippen molar-refractivity contribution in [3.63, 3.8) is 0 Å². The zero-order valence-electron chi connectivity index (χ0n) is 14.4. The van der Waals surface area contributed by atoms with E-state index in [1.54, 1.807) is 0 Å². The van der Waals surface area contributed by atoms with Crippen LogP contribution in [-0.4, -0.2) is 44.5 Å². The van der Waals surface area contributed by atoms with Crippen molar-refractivity contribution in [2.45, 2.75) is 46.0 Å². The molecule has 0 bridgehead atoms. The van der Waals surface area contributed by atoms with Gasteiger partial charge in [0.15, 0.2) is 5.82 Å². The summed E-state index contributed by atoms with van der Waals surface area (Å²) in [4.78, 5) is 6.58. The van der Waals surface area contributed by atoms with E-state index in [1.165, 1.54) is 0 Å². The minimum absolute atomic E-state index is 0.264. The third kappa shape index (κ3) is 5.46. The number of rotatable bonds is 7. The lowest BCUT2D eigenvalue weighted by Crippen LogP contribution is -2.36. The Hall–Kier alpha value is -1.15. The van der Waals surface area contributed by atoms with Gasteiger partial charge >= 0.3 is 6.01 Å². The van der Waals surface area contributed by atoms with Crippen molar-refractivity contribution in [2.75, 3.05) is 30.9 Å². The summed E-state index contributed by atoms with van der Waals surface area (Å²) in [7, 11) is -3.34. The Morgan fingerprint density at radius 1 is 1.30 bits per heavy atom. The molecule has 0 N–H and O–H groups in total. The Bertz CT molecular complexity index is 592. The van der Waals surface area contributed by atoms with Gasteiger partial charge in [0, 0.05) is 19.0 Å². The zero-order chi connectivity index (χ0) is 17.0. The maximum atomic E-state index is 11.0. The minimum Gasteiger partial charge on any atom is -0.324 e. The maximum Gasteiger partial charge on any atom is 0.324 e. The van der Waals surface area contributed by atoms with Crippen molar-refractivity contribution in [3.8, 4) is 0 Å². The lowest BCUT2D eigenvalue weighted by Gasteiger charge is -2.33. The monoisotopic (exact) mass is 345 g/mol. The Labute approximate surface area is 138 Å². The van der Waals surface area contributed by atoms with E-state index < -0.39 is 10.1 Å². The summed E-state index contributed by atoms with van der Waals surface area (Å²) in [5.41, 5.74) is 0. The standard InChI is InChI=1S/C15H27N3O4S/c1-11(2)14-16-15(22-17-14)18-8-5-13(6-9-18)12(3)7-10-21-23(4,19)20/h11-13H,5-10H2,1-4H3/t12-/m1/s1. The number of hydrogen-bond donors (Lipinski definition) is 0. The van der Waals surface area contributed by atoms with E-state index in [2.05, 4.69) is 22.0 Å². The highest BCUT2D eigenvalue weighted by atomic mass is 32.2. The molecule has 1 fully saturated rings. The Kier molecular flexibility index (Phi) is 6.02. The topological polar surface area (TPSA) is 85.5 Å². The Morgan fingerprint density at radius 2 is 1.96 bits per heavy atom. The number of hydrogen-bond acceptors (Lipinski definition) is 7. The molecule has 23 heavy (non-hydrogen) atoms. The number of anilines is 1. The van der Waals surface area contributed by atoms with Crippen LogP contribution in [0.15, 0.2) is 4.52 Å². The van der Waals surface area contributed by atoms with E-state index in [1.807, 2.05) is 13.8 Å². The van der Waals surface area contributed by atoms with Gasteiger partial charge in [-0.2, -0.15) is 13.4 Å². The molecule has 1 aromatic rings. The molecule has 1 aromatic heterocycles. The van der Waals surface area contributed by atoms with Crippen molar-refractivity contribution in [2.24, 2.45) is 11.8 Å². The average Bonchev–Trinajstić information content (AvgIpc) is 2.96. The second-order valence-electron chi connectivity index (χ2n) is 6.71. The normalized spacial score (nSPS) is 18.6. The molecule has 0 unspecified atom stereocenters. The van der Waals surface area contributed by atoms with Gasteiger partial charge in [-0.15, -0.1) is 0 Å². The van der Waals surface area contributed by atoms with Crippen LogP contribution in [0, 0.1) is 11.8 Å². The maximum absolute atomic E-state index is 11.0. The first-order valence-electron chi connectivity index (χ1n) is 8.19. The molecule has 2 heterocycles. The van der Waals surface area contributed by atoms with Gasteiger partial charge in [0.2, 0.25) is 0 Å². The average molecular weight is 345 g/mol. The molecular formula is C15H27N3O4S. The molecule has 7 nitrogen and oxygen atoms in total. The van der Waals surface area contributed by atoms with Crippen LogP contribution in [0.4, 0.5) is 6.01 Å². The van der Waals surface area contributed by atoms with Gasteiger partial charge in [-0.3, -0.25) is 4.18 Å². The van der Waals surface area contributed by atoms with Crippen molar-refractivity contribution in [3.05, 3.63) is 5.82 Å². The van der Waals surface area contributed by atoms with E-state index in [0.29, 0.717) is 17.9 Å². The van der Waals surface area contributed by atoms with Crippen LogP contribution in [-0.2, 0) is 14.3 Å². The molecule has 8 heteroatoms. The molecule has 0 radical (unpaired) electrons. The summed E-state index contributed by atoms with van der Waals surface area (Å²) < 4.78 is 32.1. The molecular weight excluding hydrogens is 318 g/mol. The van der Waals surface area contributed by atoms with Crippen LogP contribution < -0.4 is 4.90 Å². The van der Waals surface area contributed by atoms with Gasteiger partial charge in [0.1, 0.15) is 0 Å². The fraction of sp³-hybridized carbons (Fsp3) is 0.867. The number of piperidine rings is 1. The van der Waals surface area contributed by atoms with Crippen LogP contribution in [0.25, 0.3) is 0 Å². The molecule has 2 rings (SSSR count). The highest BCUT2D eigenvalue weighted by molar-refractivity contribution is 7.85. The van der Waals surface area contributed by atoms with Gasteiger partial charge < -0.3 is 9.42 Å². The van der Waals surface area contributed by atoms with Crippen molar-refractivity contribution in [1.82, 2.24) is 10.1 Å². The van der Waals surface area contributed by atoms with Gasteiger partial charge in [0.25, 0.3) is 10.1 Å². The number of nitrogens with zero attached hydrogens (tertiary/aromatic N) is 3. The molecule has 132 valence electrons. The van der Waals surface area contributed by atoms with Crippen LogP contribution in [0.5, 0.6) is 0 Å². The van der Waals surface area contributed by atoms with Crippen LogP contribution >= 0.6 is 0 Å². The lowest BCUT2D eigenvalue weighted by molar-refractivity contribution is 0.224. The van der Waals surface area contributed by atoms with Gasteiger partial charge in [-0.1, -0.05) is 25.9 Å². The molecule has 1 aliphatic heterocycles. The van der Waals surface area contributed by atoms with Crippen LogP contribution in [0.2, 0.25) is 0 Å². The van der Waals surface area contributed by atoms with Crippen molar-refractivity contribution in [1.29, 1.82) is 0 Å². The first kappa shape index (κ1) is 18.2. The molecule has 0 saturated carbocycles. The van der Waals surface area contributed by atoms with E-state index in [-0.39, 0.29) is 12.5 Å². The van der Waals surface area contributed by atoms with Crippen LogP contribution in [0.1, 0.15) is 51.8 Å². The van der Waals surface area contributed by atoms with E-state index in [0.717, 1.165) is 44.4 Å². The third-order valence-corrected chi connectivity index (χ3v) is 5.03. The predicted octanol–water partition coefficient (Wildman–Crippen LogP) is 2.41. The minimum atomic E-state index is -3.34. The second-order valence-corrected chi connectivity index (χ2v) is 8.35. The van der Waals surface area contributed by atoms with Crippen LogP contribution in [0.3, 0.4) is 0 Å². The zero-order valence-corrected chi connectivity index (χ0v) is 15.2. The first-order chi connectivity index (χ1) is 10.8. The lowest BCUT2D eigenvalue weighted by atomic mass is 9.84. The predicted molar refractivity (Wildman–Crippen MR) is 87.9 cm³/mol. The van der Waals surface area contributed by atoms with E-state index in [4.69, 9.17) is 8.71 Å². The molecule has 0 spiro atoms. The number of aromatic nitrogens is 2. The summed E-state index contributed by atoms with van der Waals surface area (Å²) >= 11 is 0. The fourth-order valence-corrected chi connectivity index (χ4v) is 3.27. The Morgan fingerprint density at radius 3 is 2.48 bits per heavy atom. The quantitative estimate of drug-likeness (QED) is 0.701.